The number of fused-ring (bicyclic) bond motifs is 1. The number of thioether (sulfide) groups is 1. The van der Waals surface area contributed by atoms with Gasteiger partial charge in [-0.25, -0.2) is 0 Å². The molecule has 3 saturated heterocycles. The summed E-state index contributed by atoms with van der Waals surface area (Å²) < 4.78 is -0.678. The molecular weight excluding hydrogens is 450 g/mol. The fourth-order valence-electron chi connectivity index (χ4n) is 6.36. The summed E-state index contributed by atoms with van der Waals surface area (Å²) in [6.45, 7) is 18.7. The molecule has 0 aromatic heterocycles. The van der Waals surface area contributed by atoms with Gasteiger partial charge < -0.3 is 19.8 Å². The number of aliphatic hydroxyl groups excluding tert-OH is 1. The number of rotatable bonds is 11. The molecule has 3 rings (SSSR count). The highest BCUT2D eigenvalue weighted by atomic mass is 32.2. The van der Waals surface area contributed by atoms with Gasteiger partial charge in [-0.3, -0.25) is 14.4 Å². The molecule has 2 bridgehead atoms. The SMILES string of the molecule is C=CCN(CCC)C(=O)[C@@H]1[C@H]2C(=O)N([C@H](C)CO)C(C(=O)N(CC=C)C(C)C)C23S[C@@H]1CC3C. The fourth-order valence-corrected chi connectivity index (χ4v) is 8.76. The molecule has 3 aliphatic heterocycles. The first-order valence-electron chi connectivity index (χ1n) is 12.5. The lowest BCUT2D eigenvalue weighted by molar-refractivity contribution is -0.147. The van der Waals surface area contributed by atoms with Gasteiger partial charge in [0.05, 0.1) is 29.2 Å². The summed E-state index contributed by atoms with van der Waals surface area (Å²) in [5.41, 5.74) is 0. The Morgan fingerprint density at radius 1 is 1.24 bits per heavy atom. The second-order valence-corrected chi connectivity index (χ2v) is 11.8. The summed E-state index contributed by atoms with van der Waals surface area (Å²) in [6, 6.07) is -1.29. The van der Waals surface area contributed by atoms with E-state index in [4.69, 9.17) is 0 Å². The first-order valence-corrected chi connectivity index (χ1v) is 13.4. The second kappa shape index (κ2) is 10.4. The average molecular weight is 492 g/mol. The maximum atomic E-state index is 14.1. The maximum absolute atomic E-state index is 14.1. The van der Waals surface area contributed by atoms with Gasteiger partial charge in [-0.15, -0.1) is 24.9 Å². The van der Waals surface area contributed by atoms with E-state index < -0.39 is 28.7 Å². The molecule has 3 aliphatic rings. The highest BCUT2D eigenvalue weighted by Gasteiger charge is 2.76. The van der Waals surface area contributed by atoms with Crippen molar-refractivity contribution < 1.29 is 19.5 Å². The van der Waals surface area contributed by atoms with Gasteiger partial charge >= 0.3 is 0 Å². The van der Waals surface area contributed by atoms with Crippen LogP contribution in [0.25, 0.3) is 0 Å². The van der Waals surface area contributed by atoms with Crippen molar-refractivity contribution in [2.45, 2.75) is 75.6 Å². The minimum Gasteiger partial charge on any atom is -0.394 e. The van der Waals surface area contributed by atoms with Crippen molar-refractivity contribution in [2.75, 3.05) is 26.2 Å². The van der Waals surface area contributed by atoms with Crippen molar-refractivity contribution in [1.29, 1.82) is 0 Å². The predicted molar refractivity (Wildman–Crippen MR) is 136 cm³/mol. The van der Waals surface area contributed by atoms with Crippen LogP contribution in [0.3, 0.4) is 0 Å². The zero-order valence-corrected chi connectivity index (χ0v) is 22.1. The van der Waals surface area contributed by atoms with Crippen LogP contribution in [0, 0.1) is 17.8 Å². The summed E-state index contributed by atoms with van der Waals surface area (Å²) in [5.74, 6) is -1.22. The van der Waals surface area contributed by atoms with Crippen molar-refractivity contribution in [1.82, 2.24) is 14.7 Å². The lowest BCUT2D eigenvalue weighted by Crippen LogP contribution is -2.60. The van der Waals surface area contributed by atoms with E-state index in [0.29, 0.717) is 19.6 Å². The topological polar surface area (TPSA) is 81.2 Å². The van der Waals surface area contributed by atoms with E-state index in [1.165, 1.54) is 0 Å². The van der Waals surface area contributed by atoms with Gasteiger partial charge in [-0.1, -0.05) is 26.0 Å². The molecular formula is C26H41N3O4S. The van der Waals surface area contributed by atoms with Gasteiger partial charge in [-0.05, 0) is 39.5 Å². The van der Waals surface area contributed by atoms with Crippen LogP contribution in [0.4, 0.5) is 0 Å². The van der Waals surface area contributed by atoms with Crippen molar-refractivity contribution in [3.63, 3.8) is 0 Å². The van der Waals surface area contributed by atoms with E-state index in [2.05, 4.69) is 20.1 Å². The normalized spacial score (nSPS) is 32.6. The van der Waals surface area contributed by atoms with Crippen LogP contribution in [0.2, 0.25) is 0 Å². The summed E-state index contributed by atoms with van der Waals surface area (Å²) >= 11 is 1.68. The number of carbonyl (C=O) groups is 3. The van der Waals surface area contributed by atoms with Gasteiger partial charge in [0, 0.05) is 30.9 Å². The van der Waals surface area contributed by atoms with Crippen molar-refractivity contribution in [3.05, 3.63) is 25.3 Å². The number of hydrogen-bond acceptors (Lipinski definition) is 5. The molecule has 0 aromatic rings. The molecule has 1 N–H and O–H groups in total. The number of likely N-dealkylation sites (tertiary alicyclic amines) is 1. The first-order chi connectivity index (χ1) is 16.1. The maximum Gasteiger partial charge on any atom is 0.247 e. The van der Waals surface area contributed by atoms with Crippen molar-refractivity contribution >= 4 is 29.5 Å². The zero-order valence-electron chi connectivity index (χ0n) is 21.3. The third-order valence-corrected chi connectivity index (χ3v) is 9.90. The molecule has 3 fully saturated rings. The van der Waals surface area contributed by atoms with E-state index in [9.17, 15) is 19.5 Å². The van der Waals surface area contributed by atoms with Crippen molar-refractivity contribution in [2.24, 2.45) is 17.8 Å². The van der Waals surface area contributed by atoms with E-state index in [0.717, 1.165) is 12.8 Å². The second-order valence-electron chi connectivity index (χ2n) is 10.3. The fraction of sp³-hybridized carbons (Fsp3) is 0.731. The Balaban J connectivity index is 2.11. The predicted octanol–water partition coefficient (Wildman–Crippen LogP) is 2.55. The summed E-state index contributed by atoms with van der Waals surface area (Å²) in [6.07, 6.45) is 5.05. The van der Waals surface area contributed by atoms with Gasteiger partial charge in [0.25, 0.3) is 0 Å². The Bertz CT molecular complexity index is 833. The van der Waals surface area contributed by atoms with E-state index in [1.54, 1.807) is 45.5 Å². The van der Waals surface area contributed by atoms with Gasteiger partial charge in [0.1, 0.15) is 6.04 Å². The van der Waals surface area contributed by atoms with Gasteiger partial charge in [-0.2, -0.15) is 0 Å². The molecule has 3 unspecified atom stereocenters. The molecule has 0 saturated carbocycles. The Hall–Kier alpha value is -1.80. The summed E-state index contributed by atoms with van der Waals surface area (Å²) in [4.78, 5) is 47.2. The number of hydrogen-bond donors (Lipinski definition) is 1. The third-order valence-electron chi connectivity index (χ3n) is 7.83. The number of nitrogens with zero attached hydrogens (tertiary/aromatic N) is 3. The van der Waals surface area contributed by atoms with Crippen LogP contribution >= 0.6 is 11.8 Å². The summed E-state index contributed by atoms with van der Waals surface area (Å²) in [7, 11) is 0. The summed E-state index contributed by atoms with van der Waals surface area (Å²) in [5, 5.41) is 10.0. The third kappa shape index (κ3) is 4.00. The van der Waals surface area contributed by atoms with Crippen LogP contribution in [-0.4, -0.2) is 91.9 Å². The Kier molecular flexibility index (Phi) is 8.23. The standard InChI is InChI=1S/C26H41N3O4S/c1-8-11-27(12-9-2)23(31)20-19-14-17(6)26(34-19)21(20)24(32)29(18(7)15-30)22(26)25(33)28(13-10-3)16(4)5/h8,10,16-22,30H,1,3,9,11-15H2,2,4-7H3/t17?,18-,19-,20+,21+,22?,26?/m1/s1. The quantitative estimate of drug-likeness (QED) is 0.449. The Labute approximate surface area is 208 Å². The van der Waals surface area contributed by atoms with Crippen molar-refractivity contribution in [3.8, 4) is 0 Å². The number of amides is 3. The Morgan fingerprint density at radius 3 is 2.41 bits per heavy atom. The lowest BCUT2D eigenvalue weighted by atomic mass is 9.65. The molecule has 0 aliphatic carbocycles. The van der Waals surface area contributed by atoms with Crippen LogP contribution in [-0.2, 0) is 14.4 Å². The molecule has 190 valence electrons. The van der Waals surface area contributed by atoms with E-state index in [-0.39, 0.29) is 41.5 Å². The number of carbonyl (C=O) groups excluding carboxylic acids is 3. The lowest BCUT2D eigenvalue weighted by Gasteiger charge is -2.42. The Morgan fingerprint density at radius 2 is 1.88 bits per heavy atom. The molecule has 7 nitrogen and oxygen atoms in total. The minimum atomic E-state index is -0.712. The average Bonchev–Trinajstić information content (AvgIpc) is 3.39. The van der Waals surface area contributed by atoms with E-state index in [1.807, 2.05) is 20.8 Å². The van der Waals surface area contributed by atoms with E-state index >= 15 is 0 Å². The monoisotopic (exact) mass is 491 g/mol. The molecule has 34 heavy (non-hydrogen) atoms. The zero-order chi connectivity index (χ0) is 25.4. The number of aliphatic hydroxyl groups is 1. The molecule has 1 spiro atoms. The van der Waals surface area contributed by atoms with Crippen LogP contribution < -0.4 is 0 Å². The molecule has 3 heterocycles. The largest absolute Gasteiger partial charge is 0.394 e. The first kappa shape index (κ1) is 26.8. The highest BCUT2D eigenvalue weighted by Crippen LogP contribution is 2.69. The molecule has 7 atom stereocenters. The molecule has 3 amide bonds. The van der Waals surface area contributed by atoms with Crippen LogP contribution in [0.5, 0.6) is 0 Å². The highest BCUT2D eigenvalue weighted by molar-refractivity contribution is 8.02. The molecule has 0 aromatic carbocycles. The van der Waals surface area contributed by atoms with Crippen LogP contribution in [0.15, 0.2) is 25.3 Å². The van der Waals surface area contributed by atoms with Gasteiger partial charge in [0.15, 0.2) is 0 Å². The minimum absolute atomic E-state index is 0.00871. The smallest absolute Gasteiger partial charge is 0.247 e. The molecule has 0 radical (unpaired) electrons. The molecule has 8 heteroatoms. The van der Waals surface area contributed by atoms with Gasteiger partial charge in [0.2, 0.25) is 17.7 Å². The van der Waals surface area contributed by atoms with Crippen LogP contribution in [0.1, 0.15) is 47.5 Å².